The van der Waals surface area contributed by atoms with E-state index in [9.17, 15) is 9.59 Å². The van der Waals surface area contributed by atoms with E-state index in [-0.39, 0.29) is 17.7 Å². The first kappa shape index (κ1) is 24.6. The third kappa shape index (κ3) is 5.77. The van der Waals surface area contributed by atoms with Crippen molar-refractivity contribution in [2.75, 3.05) is 31.5 Å². The van der Waals surface area contributed by atoms with Crippen molar-refractivity contribution in [2.45, 2.75) is 40.2 Å². The van der Waals surface area contributed by atoms with Crippen LogP contribution in [0.15, 0.2) is 53.1 Å². The van der Waals surface area contributed by atoms with E-state index >= 15 is 0 Å². The SMILES string of the molecule is CCN(CC)C(=O)c1ccccc1NC(=O)C1CCCN(Cc2nc(-c3ccccc3C)no2)C1. The van der Waals surface area contributed by atoms with E-state index in [1.165, 1.54) is 0 Å². The maximum absolute atomic E-state index is 13.2. The highest BCUT2D eigenvalue weighted by Gasteiger charge is 2.28. The van der Waals surface area contributed by atoms with Crippen molar-refractivity contribution in [1.82, 2.24) is 19.9 Å². The Bertz CT molecular complexity index is 1170. The van der Waals surface area contributed by atoms with Gasteiger partial charge in [-0.15, -0.1) is 0 Å². The number of benzene rings is 2. The zero-order valence-electron chi connectivity index (χ0n) is 20.7. The number of aromatic nitrogens is 2. The fourth-order valence-electron chi connectivity index (χ4n) is 4.55. The molecule has 2 aromatic carbocycles. The molecule has 2 amide bonds. The van der Waals surface area contributed by atoms with Gasteiger partial charge in [-0.05, 0) is 57.9 Å². The van der Waals surface area contributed by atoms with Gasteiger partial charge in [0.05, 0.1) is 23.7 Å². The third-order valence-electron chi connectivity index (χ3n) is 6.56. The van der Waals surface area contributed by atoms with Crippen molar-refractivity contribution in [3.63, 3.8) is 0 Å². The molecule has 0 saturated carbocycles. The molecule has 1 saturated heterocycles. The number of piperidine rings is 1. The highest BCUT2D eigenvalue weighted by molar-refractivity contribution is 6.04. The van der Waals surface area contributed by atoms with Crippen molar-refractivity contribution >= 4 is 17.5 Å². The number of hydrogen-bond acceptors (Lipinski definition) is 6. The zero-order chi connectivity index (χ0) is 24.8. The van der Waals surface area contributed by atoms with E-state index in [2.05, 4.69) is 20.4 Å². The van der Waals surface area contributed by atoms with Crippen LogP contribution in [0.5, 0.6) is 0 Å². The van der Waals surface area contributed by atoms with E-state index in [1.54, 1.807) is 17.0 Å². The third-order valence-corrected chi connectivity index (χ3v) is 6.56. The van der Waals surface area contributed by atoms with Gasteiger partial charge in [0.15, 0.2) is 0 Å². The summed E-state index contributed by atoms with van der Waals surface area (Å²) in [6.07, 6.45) is 1.70. The molecular formula is C27H33N5O3. The van der Waals surface area contributed by atoms with Crippen LogP contribution in [0.4, 0.5) is 5.69 Å². The summed E-state index contributed by atoms with van der Waals surface area (Å²) in [5.41, 5.74) is 3.13. The fraction of sp³-hybridized carbons (Fsp3) is 0.407. The van der Waals surface area contributed by atoms with Crippen LogP contribution in [0.2, 0.25) is 0 Å². The Morgan fingerprint density at radius 3 is 2.63 bits per heavy atom. The Kier molecular flexibility index (Phi) is 7.92. The zero-order valence-corrected chi connectivity index (χ0v) is 20.7. The first-order valence-electron chi connectivity index (χ1n) is 12.3. The normalized spacial score (nSPS) is 16.1. The van der Waals surface area contributed by atoms with E-state index < -0.39 is 0 Å². The van der Waals surface area contributed by atoms with Crippen LogP contribution < -0.4 is 5.32 Å². The van der Waals surface area contributed by atoms with Gasteiger partial charge in [0.25, 0.3) is 5.91 Å². The molecule has 35 heavy (non-hydrogen) atoms. The molecule has 1 aliphatic heterocycles. The van der Waals surface area contributed by atoms with E-state index in [1.807, 2.05) is 57.2 Å². The summed E-state index contributed by atoms with van der Waals surface area (Å²) in [5, 5.41) is 7.17. The van der Waals surface area contributed by atoms with Gasteiger partial charge in [-0.1, -0.05) is 41.6 Å². The molecule has 1 aromatic heterocycles. The number of para-hydroxylation sites is 1. The topological polar surface area (TPSA) is 91.6 Å². The number of hydrogen-bond donors (Lipinski definition) is 1. The monoisotopic (exact) mass is 475 g/mol. The van der Waals surface area contributed by atoms with E-state index in [4.69, 9.17) is 4.52 Å². The Hall–Kier alpha value is -3.52. The number of nitrogens with zero attached hydrogens (tertiary/aromatic N) is 4. The average Bonchev–Trinajstić information content (AvgIpc) is 3.33. The van der Waals surface area contributed by atoms with Crippen LogP contribution in [-0.4, -0.2) is 57.9 Å². The lowest BCUT2D eigenvalue weighted by atomic mass is 9.96. The second-order valence-electron chi connectivity index (χ2n) is 8.91. The highest BCUT2D eigenvalue weighted by Crippen LogP contribution is 2.24. The van der Waals surface area contributed by atoms with Crippen LogP contribution in [0.1, 0.15) is 48.5 Å². The number of amides is 2. The molecule has 1 aliphatic rings. The molecule has 0 aliphatic carbocycles. The van der Waals surface area contributed by atoms with Crippen LogP contribution in [0, 0.1) is 12.8 Å². The van der Waals surface area contributed by atoms with Crippen LogP contribution >= 0.6 is 0 Å². The molecule has 1 fully saturated rings. The minimum Gasteiger partial charge on any atom is -0.339 e. The molecule has 2 heterocycles. The second kappa shape index (κ2) is 11.3. The predicted molar refractivity (Wildman–Crippen MR) is 135 cm³/mol. The van der Waals surface area contributed by atoms with Gasteiger partial charge in [-0.2, -0.15) is 4.98 Å². The standard InChI is InChI=1S/C27H33N5O3/c1-4-32(5-2)27(34)22-14-8-9-15-23(22)28-26(33)20-12-10-16-31(17-20)18-24-29-25(30-35-24)21-13-7-6-11-19(21)3/h6-9,11,13-15,20H,4-5,10,12,16-18H2,1-3H3,(H,28,33). The summed E-state index contributed by atoms with van der Waals surface area (Å²) in [4.78, 5) is 34.6. The number of rotatable bonds is 8. The van der Waals surface area contributed by atoms with Gasteiger partial charge in [-0.25, -0.2) is 0 Å². The van der Waals surface area contributed by atoms with Crippen LogP contribution in [0.3, 0.4) is 0 Å². The molecule has 0 bridgehead atoms. The summed E-state index contributed by atoms with van der Waals surface area (Å²) in [6, 6.07) is 15.2. The molecule has 0 radical (unpaired) electrons. The number of carbonyl (C=O) groups is 2. The lowest BCUT2D eigenvalue weighted by Crippen LogP contribution is -2.40. The summed E-state index contributed by atoms with van der Waals surface area (Å²) in [7, 11) is 0. The molecule has 1 N–H and O–H groups in total. The molecule has 0 spiro atoms. The summed E-state index contributed by atoms with van der Waals surface area (Å²) in [5.74, 6) is 0.801. The molecular weight excluding hydrogens is 442 g/mol. The first-order valence-corrected chi connectivity index (χ1v) is 12.3. The number of anilines is 1. The highest BCUT2D eigenvalue weighted by atomic mass is 16.5. The summed E-state index contributed by atoms with van der Waals surface area (Å²) < 4.78 is 5.51. The minimum atomic E-state index is -0.181. The Morgan fingerprint density at radius 1 is 1.11 bits per heavy atom. The van der Waals surface area contributed by atoms with Gasteiger partial charge < -0.3 is 14.7 Å². The minimum absolute atomic E-state index is 0.0689. The number of nitrogens with one attached hydrogen (secondary N) is 1. The van der Waals surface area contributed by atoms with Crippen molar-refractivity contribution in [1.29, 1.82) is 0 Å². The van der Waals surface area contributed by atoms with E-state index in [0.717, 1.165) is 30.5 Å². The molecule has 3 aromatic rings. The van der Waals surface area contributed by atoms with Gasteiger partial charge in [-0.3, -0.25) is 14.5 Å². The number of likely N-dealkylation sites (tertiary alicyclic amines) is 1. The smallest absolute Gasteiger partial charge is 0.255 e. The van der Waals surface area contributed by atoms with Crippen molar-refractivity contribution in [3.8, 4) is 11.4 Å². The quantitative estimate of drug-likeness (QED) is 0.520. The maximum Gasteiger partial charge on any atom is 0.255 e. The van der Waals surface area contributed by atoms with Crippen molar-refractivity contribution < 1.29 is 14.1 Å². The Balaban J connectivity index is 1.40. The molecule has 8 nitrogen and oxygen atoms in total. The van der Waals surface area contributed by atoms with Gasteiger partial charge >= 0.3 is 0 Å². The van der Waals surface area contributed by atoms with E-state index in [0.29, 0.717) is 49.1 Å². The largest absolute Gasteiger partial charge is 0.339 e. The second-order valence-corrected chi connectivity index (χ2v) is 8.91. The number of carbonyl (C=O) groups excluding carboxylic acids is 2. The Labute approximate surface area is 206 Å². The number of aryl methyl sites for hydroxylation is 1. The van der Waals surface area contributed by atoms with Crippen LogP contribution in [-0.2, 0) is 11.3 Å². The predicted octanol–water partition coefficient (Wildman–Crippen LogP) is 4.38. The van der Waals surface area contributed by atoms with Crippen LogP contribution in [0.25, 0.3) is 11.4 Å². The molecule has 4 rings (SSSR count). The lowest BCUT2D eigenvalue weighted by Gasteiger charge is -2.31. The molecule has 1 unspecified atom stereocenters. The average molecular weight is 476 g/mol. The molecule has 184 valence electrons. The van der Waals surface area contributed by atoms with Gasteiger partial charge in [0.2, 0.25) is 17.6 Å². The fourth-order valence-corrected chi connectivity index (χ4v) is 4.55. The van der Waals surface area contributed by atoms with Crippen molar-refractivity contribution in [3.05, 3.63) is 65.5 Å². The van der Waals surface area contributed by atoms with Crippen molar-refractivity contribution in [2.24, 2.45) is 5.92 Å². The maximum atomic E-state index is 13.2. The Morgan fingerprint density at radius 2 is 1.86 bits per heavy atom. The van der Waals surface area contributed by atoms with Gasteiger partial charge in [0, 0.05) is 25.2 Å². The molecule has 1 atom stereocenters. The molecule has 8 heteroatoms. The lowest BCUT2D eigenvalue weighted by molar-refractivity contribution is -0.121. The summed E-state index contributed by atoms with van der Waals surface area (Å²) in [6.45, 7) is 9.13. The summed E-state index contributed by atoms with van der Waals surface area (Å²) >= 11 is 0. The first-order chi connectivity index (χ1) is 17.0. The van der Waals surface area contributed by atoms with Gasteiger partial charge in [0.1, 0.15) is 0 Å².